The third-order valence-corrected chi connectivity index (χ3v) is 2.67. The molecule has 0 rings (SSSR count). The highest BCUT2D eigenvalue weighted by molar-refractivity contribution is 7.80. The van der Waals surface area contributed by atoms with Crippen molar-refractivity contribution in [3.63, 3.8) is 0 Å². The van der Waals surface area contributed by atoms with Gasteiger partial charge in [0.1, 0.15) is 0 Å². The van der Waals surface area contributed by atoms with Crippen LogP contribution < -0.4 is 10.6 Å². The quantitative estimate of drug-likeness (QED) is 0.609. The van der Waals surface area contributed by atoms with Crippen LogP contribution in [0.25, 0.3) is 0 Å². The maximum atomic E-state index is 11.9. The molecule has 1 unspecified atom stereocenters. The minimum absolute atomic E-state index is 0.00810. The van der Waals surface area contributed by atoms with Crippen molar-refractivity contribution in [2.75, 3.05) is 32.9 Å². The van der Waals surface area contributed by atoms with Crippen molar-refractivity contribution >= 4 is 18.5 Å². The maximum absolute atomic E-state index is 11.9. The van der Waals surface area contributed by atoms with Crippen molar-refractivity contribution in [3.05, 3.63) is 12.3 Å². The van der Waals surface area contributed by atoms with Crippen LogP contribution >= 0.6 is 12.6 Å². The molecule has 0 spiro atoms. The van der Waals surface area contributed by atoms with E-state index in [0.29, 0.717) is 6.54 Å². The van der Waals surface area contributed by atoms with Gasteiger partial charge >= 0.3 is 0 Å². The highest BCUT2D eigenvalue weighted by atomic mass is 32.1. The number of carbonyl (C=O) groups excluding carboxylic acids is 1. The Morgan fingerprint density at radius 2 is 1.94 bits per heavy atom. The average molecular weight is 273 g/mol. The fraction of sp³-hybridized carbons (Fsp3) is 0.769. The molecule has 0 aliphatic carbocycles. The lowest BCUT2D eigenvalue weighted by molar-refractivity contribution is -0.122. The van der Waals surface area contributed by atoms with Crippen molar-refractivity contribution in [2.45, 2.75) is 26.8 Å². The number of rotatable bonds is 7. The molecule has 0 saturated heterocycles. The summed E-state index contributed by atoms with van der Waals surface area (Å²) in [5.41, 5.74) is 0.756. The van der Waals surface area contributed by atoms with Gasteiger partial charge in [-0.05, 0) is 19.5 Å². The standard InChI is InChI=1S/C13H27N3OS/c1-10(14-7-8-18)12(13(2,3)4)15-11(17)9-16(5)6/h12,14,18H,1,7-9H2,2-6H3,(H,15,17). The molecule has 1 atom stereocenters. The van der Waals surface area contributed by atoms with Gasteiger partial charge in [-0.1, -0.05) is 27.4 Å². The lowest BCUT2D eigenvalue weighted by Gasteiger charge is -2.33. The van der Waals surface area contributed by atoms with Gasteiger partial charge in [-0.15, -0.1) is 0 Å². The van der Waals surface area contributed by atoms with Crippen LogP contribution in [0.2, 0.25) is 0 Å². The van der Waals surface area contributed by atoms with E-state index in [1.807, 2.05) is 19.0 Å². The first-order valence-corrected chi connectivity index (χ1v) is 6.79. The van der Waals surface area contributed by atoms with Crippen LogP contribution in [0.3, 0.4) is 0 Å². The Labute approximate surface area is 117 Å². The highest BCUT2D eigenvalue weighted by Crippen LogP contribution is 2.23. The number of carbonyl (C=O) groups is 1. The molecule has 5 heteroatoms. The second-order valence-corrected chi connectivity index (χ2v) is 6.23. The first-order valence-electron chi connectivity index (χ1n) is 6.16. The molecular formula is C13H27N3OS. The maximum Gasteiger partial charge on any atom is 0.234 e. The normalized spacial score (nSPS) is 13.3. The summed E-state index contributed by atoms with van der Waals surface area (Å²) in [5, 5.41) is 6.23. The number of likely N-dealkylation sites (N-methyl/N-ethyl adjacent to an activating group) is 1. The molecule has 0 bridgehead atoms. The number of amides is 1. The van der Waals surface area contributed by atoms with Crippen molar-refractivity contribution in [3.8, 4) is 0 Å². The van der Waals surface area contributed by atoms with Crippen LogP contribution in [0, 0.1) is 5.41 Å². The fourth-order valence-corrected chi connectivity index (χ4v) is 1.75. The van der Waals surface area contributed by atoms with E-state index in [1.54, 1.807) is 0 Å². The monoisotopic (exact) mass is 273 g/mol. The number of hydrogen-bond donors (Lipinski definition) is 3. The van der Waals surface area contributed by atoms with Crippen molar-refractivity contribution < 1.29 is 4.79 Å². The summed E-state index contributed by atoms with van der Waals surface area (Å²) in [6.07, 6.45) is 0. The summed E-state index contributed by atoms with van der Waals surface area (Å²) in [4.78, 5) is 13.7. The molecule has 0 aliphatic rings. The highest BCUT2D eigenvalue weighted by Gasteiger charge is 2.28. The van der Waals surface area contributed by atoms with Crippen LogP contribution in [0.15, 0.2) is 12.3 Å². The van der Waals surface area contributed by atoms with E-state index in [2.05, 4.69) is 50.6 Å². The molecule has 0 heterocycles. The molecule has 1 amide bonds. The SMILES string of the molecule is C=C(NCCS)C(NC(=O)CN(C)C)C(C)(C)C. The minimum atomic E-state index is -0.0927. The van der Waals surface area contributed by atoms with E-state index >= 15 is 0 Å². The molecule has 4 nitrogen and oxygen atoms in total. The number of hydrogen-bond acceptors (Lipinski definition) is 4. The van der Waals surface area contributed by atoms with E-state index in [1.165, 1.54) is 0 Å². The zero-order valence-electron chi connectivity index (χ0n) is 12.2. The molecule has 106 valence electrons. The van der Waals surface area contributed by atoms with Gasteiger partial charge in [-0.3, -0.25) is 4.79 Å². The largest absolute Gasteiger partial charge is 0.386 e. The van der Waals surface area contributed by atoms with E-state index in [4.69, 9.17) is 0 Å². The van der Waals surface area contributed by atoms with Gasteiger partial charge in [0.15, 0.2) is 0 Å². The summed E-state index contributed by atoms with van der Waals surface area (Å²) >= 11 is 4.15. The second-order valence-electron chi connectivity index (χ2n) is 5.78. The van der Waals surface area contributed by atoms with Gasteiger partial charge in [0.05, 0.1) is 12.6 Å². The average Bonchev–Trinajstić information content (AvgIpc) is 2.20. The third-order valence-electron chi connectivity index (χ3n) is 2.44. The topological polar surface area (TPSA) is 44.4 Å². The Morgan fingerprint density at radius 1 is 1.39 bits per heavy atom. The lowest BCUT2D eigenvalue weighted by Crippen LogP contribution is -2.50. The van der Waals surface area contributed by atoms with Gasteiger partial charge in [0.2, 0.25) is 5.91 Å². The smallest absolute Gasteiger partial charge is 0.234 e. The van der Waals surface area contributed by atoms with E-state index in [0.717, 1.165) is 18.0 Å². The molecule has 2 N–H and O–H groups in total. The van der Waals surface area contributed by atoms with Gasteiger partial charge in [-0.2, -0.15) is 12.6 Å². The zero-order chi connectivity index (χ0) is 14.3. The number of thiol groups is 1. The Morgan fingerprint density at radius 3 is 2.33 bits per heavy atom. The molecule has 0 fully saturated rings. The van der Waals surface area contributed by atoms with Gasteiger partial charge in [0.25, 0.3) is 0 Å². The Bertz CT molecular complexity index is 284. The second kappa shape index (κ2) is 7.69. The molecule has 18 heavy (non-hydrogen) atoms. The molecule has 0 aromatic rings. The first-order chi connectivity index (χ1) is 8.18. The Kier molecular flexibility index (Phi) is 7.40. The van der Waals surface area contributed by atoms with Crippen LogP contribution in [-0.2, 0) is 4.79 Å². The molecule has 0 radical (unpaired) electrons. The zero-order valence-corrected chi connectivity index (χ0v) is 13.1. The van der Waals surface area contributed by atoms with E-state index < -0.39 is 0 Å². The van der Waals surface area contributed by atoms with Crippen LogP contribution in [0.5, 0.6) is 0 Å². The van der Waals surface area contributed by atoms with Crippen LogP contribution in [0.4, 0.5) is 0 Å². The number of nitrogens with zero attached hydrogens (tertiary/aromatic N) is 1. The van der Waals surface area contributed by atoms with Crippen molar-refractivity contribution in [1.29, 1.82) is 0 Å². The van der Waals surface area contributed by atoms with Crippen molar-refractivity contribution in [2.24, 2.45) is 5.41 Å². The Balaban J connectivity index is 4.60. The Hall–Kier alpha value is -0.680. The third kappa shape index (κ3) is 6.91. The molecule has 0 aromatic carbocycles. The summed E-state index contributed by atoms with van der Waals surface area (Å²) in [6.45, 7) is 11.4. The fourth-order valence-electron chi connectivity index (χ4n) is 1.64. The summed E-state index contributed by atoms with van der Waals surface area (Å²) in [6, 6.07) is -0.0927. The molecular weight excluding hydrogens is 246 g/mol. The molecule has 0 aliphatic heterocycles. The number of nitrogens with one attached hydrogen (secondary N) is 2. The molecule has 0 aromatic heterocycles. The van der Waals surface area contributed by atoms with Gasteiger partial charge in [-0.25, -0.2) is 0 Å². The summed E-state index contributed by atoms with van der Waals surface area (Å²) in [5.74, 6) is 0.746. The van der Waals surface area contributed by atoms with Crippen LogP contribution in [0.1, 0.15) is 20.8 Å². The minimum Gasteiger partial charge on any atom is -0.386 e. The predicted octanol–water partition coefficient (Wildman–Crippen LogP) is 1.11. The van der Waals surface area contributed by atoms with E-state index in [-0.39, 0.29) is 17.4 Å². The van der Waals surface area contributed by atoms with Crippen molar-refractivity contribution in [1.82, 2.24) is 15.5 Å². The summed E-state index contributed by atoms with van der Waals surface area (Å²) < 4.78 is 0. The first kappa shape index (κ1) is 17.3. The summed E-state index contributed by atoms with van der Waals surface area (Å²) in [7, 11) is 3.75. The van der Waals surface area contributed by atoms with Gasteiger partial charge < -0.3 is 15.5 Å². The predicted molar refractivity (Wildman–Crippen MR) is 80.9 cm³/mol. The van der Waals surface area contributed by atoms with E-state index in [9.17, 15) is 4.79 Å². The molecule has 0 saturated carbocycles. The van der Waals surface area contributed by atoms with Gasteiger partial charge in [0, 0.05) is 18.0 Å². The van der Waals surface area contributed by atoms with Crippen LogP contribution in [-0.4, -0.2) is 49.8 Å². The lowest BCUT2D eigenvalue weighted by atomic mass is 9.85.